The molecule has 1 amide bonds. The molecule has 0 radical (unpaired) electrons. The van der Waals surface area contributed by atoms with Gasteiger partial charge in [0.05, 0.1) is 19.1 Å². The van der Waals surface area contributed by atoms with Gasteiger partial charge in [-0.05, 0) is 54.7 Å². The van der Waals surface area contributed by atoms with Gasteiger partial charge in [-0.2, -0.15) is 0 Å². The lowest BCUT2D eigenvalue weighted by molar-refractivity contribution is -0.122. The molecular formula is C25H37NO2. The third-order valence-corrected chi connectivity index (χ3v) is 4.93. The first kappa shape index (κ1) is 23.7. The van der Waals surface area contributed by atoms with Crippen molar-refractivity contribution < 1.29 is 9.53 Å². The molecule has 0 fully saturated rings. The molecular weight excluding hydrogens is 346 g/mol. The third-order valence-electron chi connectivity index (χ3n) is 4.93. The highest BCUT2D eigenvalue weighted by atomic mass is 16.5. The van der Waals surface area contributed by atoms with E-state index < -0.39 is 5.41 Å². The zero-order chi connectivity index (χ0) is 21.5. The van der Waals surface area contributed by atoms with Crippen LogP contribution in [0.5, 0.6) is 5.75 Å². The van der Waals surface area contributed by atoms with E-state index in [1.807, 2.05) is 70.7 Å². The molecule has 28 heavy (non-hydrogen) atoms. The summed E-state index contributed by atoms with van der Waals surface area (Å²) in [5.74, 6) is 1.43. The normalized spacial score (nSPS) is 13.9. The van der Waals surface area contributed by atoms with E-state index in [-0.39, 0.29) is 5.91 Å². The van der Waals surface area contributed by atoms with Crippen molar-refractivity contribution in [1.29, 1.82) is 0 Å². The van der Waals surface area contributed by atoms with Gasteiger partial charge in [0.15, 0.2) is 0 Å². The average Bonchev–Trinajstić information content (AvgIpc) is 2.92. The predicted molar refractivity (Wildman–Crippen MR) is 120 cm³/mol. The maximum atomic E-state index is 13.0. The first-order valence-corrected chi connectivity index (χ1v) is 10.4. The second-order valence-corrected chi connectivity index (χ2v) is 7.30. The Morgan fingerprint density at radius 2 is 1.54 bits per heavy atom. The van der Waals surface area contributed by atoms with E-state index in [4.69, 9.17) is 4.74 Å². The minimum absolute atomic E-state index is 0.161. The molecule has 3 rings (SSSR count). The summed E-state index contributed by atoms with van der Waals surface area (Å²) in [7, 11) is 1.66. The lowest BCUT2D eigenvalue weighted by atomic mass is 9.85. The number of amides is 1. The zero-order valence-electron chi connectivity index (χ0n) is 19.1. The molecule has 0 bridgehead atoms. The highest BCUT2D eigenvalue weighted by Crippen LogP contribution is 2.43. The standard InChI is InChI=1S/C21H25NO2.2C2H6/c1-14(2)16-8-11-18-19(12-16)22(20(23)21(18,3)4)13-15-6-9-17(24-5)10-7-15;2*1-2/h6-12,14H,13H2,1-5H3;2*1-2H3. The monoisotopic (exact) mass is 383 g/mol. The topological polar surface area (TPSA) is 29.5 Å². The molecule has 0 saturated carbocycles. The van der Waals surface area contributed by atoms with Crippen LogP contribution in [0, 0.1) is 0 Å². The van der Waals surface area contributed by atoms with Crippen LogP contribution in [0.4, 0.5) is 5.69 Å². The smallest absolute Gasteiger partial charge is 0.237 e. The maximum Gasteiger partial charge on any atom is 0.237 e. The van der Waals surface area contributed by atoms with Crippen LogP contribution in [0.15, 0.2) is 42.5 Å². The number of ether oxygens (including phenoxy) is 1. The van der Waals surface area contributed by atoms with E-state index in [0.717, 1.165) is 22.6 Å². The van der Waals surface area contributed by atoms with E-state index in [2.05, 4.69) is 32.0 Å². The van der Waals surface area contributed by atoms with Crippen LogP contribution in [-0.2, 0) is 16.8 Å². The molecule has 3 nitrogen and oxygen atoms in total. The van der Waals surface area contributed by atoms with Crippen LogP contribution < -0.4 is 9.64 Å². The average molecular weight is 384 g/mol. The first-order chi connectivity index (χ1) is 13.3. The maximum absolute atomic E-state index is 13.0. The fourth-order valence-corrected chi connectivity index (χ4v) is 3.29. The lowest BCUT2D eigenvalue weighted by Gasteiger charge is -2.21. The lowest BCUT2D eigenvalue weighted by Crippen LogP contribution is -2.35. The van der Waals surface area contributed by atoms with Gasteiger partial charge in [0.2, 0.25) is 5.91 Å². The Bertz CT molecular complexity index is 761. The van der Waals surface area contributed by atoms with Gasteiger partial charge in [0.1, 0.15) is 5.75 Å². The van der Waals surface area contributed by atoms with E-state index in [9.17, 15) is 4.79 Å². The summed E-state index contributed by atoms with van der Waals surface area (Å²) >= 11 is 0. The fourth-order valence-electron chi connectivity index (χ4n) is 3.29. The molecule has 154 valence electrons. The summed E-state index contributed by atoms with van der Waals surface area (Å²) in [6, 6.07) is 14.4. The van der Waals surface area contributed by atoms with Crippen LogP contribution in [0.2, 0.25) is 0 Å². The van der Waals surface area contributed by atoms with Crippen molar-refractivity contribution in [3.63, 3.8) is 0 Å². The van der Waals surface area contributed by atoms with Crippen LogP contribution in [0.3, 0.4) is 0 Å². The molecule has 0 unspecified atom stereocenters. The van der Waals surface area contributed by atoms with E-state index in [1.165, 1.54) is 5.56 Å². The summed E-state index contributed by atoms with van der Waals surface area (Å²) in [6.07, 6.45) is 0. The van der Waals surface area contributed by atoms with Crippen LogP contribution in [0.1, 0.15) is 78.0 Å². The van der Waals surface area contributed by atoms with Gasteiger partial charge < -0.3 is 9.64 Å². The number of methoxy groups -OCH3 is 1. The number of nitrogens with zero attached hydrogens (tertiary/aromatic N) is 1. The van der Waals surface area contributed by atoms with E-state index in [1.54, 1.807) is 7.11 Å². The van der Waals surface area contributed by atoms with Gasteiger partial charge in [0, 0.05) is 5.69 Å². The second-order valence-electron chi connectivity index (χ2n) is 7.30. The van der Waals surface area contributed by atoms with Gasteiger partial charge in [-0.3, -0.25) is 4.79 Å². The Labute approximate surface area is 171 Å². The van der Waals surface area contributed by atoms with Crippen molar-refractivity contribution in [2.24, 2.45) is 0 Å². The molecule has 0 aliphatic carbocycles. The fraction of sp³-hybridized carbons (Fsp3) is 0.480. The number of carbonyl (C=O) groups excluding carboxylic acids is 1. The molecule has 1 aliphatic rings. The number of anilines is 1. The third kappa shape index (κ3) is 4.76. The Balaban J connectivity index is 0.000000921. The number of hydrogen-bond acceptors (Lipinski definition) is 2. The SMILES string of the molecule is CC.CC.COc1ccc(CN2C(=O)C(C)(C)c3ccc(C(C)C)cc32)cc1. The quantitative estimate of drug-likeness (QED) is 0.588. The van der Waals surface area contributed by atoms with Crippen molar-refractivity contribution in [2.45, 2.75) is 73.3 Å². The van der Waals surface area contributed by atoms with Crippen molar-refractivity contribution in [1.82, 2.24) is 0 Å². The van der Waals surface area contributed by atoms with Crippen LogP contribution >= 0.6 is 0 Å². The Kier molecular flexibility index (Phi) is 8.74. The highest BCUT2D eigenvalue weighted by molar-refractivity contribution is 6.07. The molecule has 2 aromatic carbocycles. The van der Waals surface area contributed by atoms with Crippen molar-refractivity contribution in [3.8, 4) is 5.75 Å². The zero-order valence-corrected chi connectivity index (χ0v) is 19.1. The predicted octanol–water partition coefficient (Wildman–Crippen LogP) is 6.70. The van der Waals surface area contributed by atoms with E-state index in [0.29, 0.717) is 12.5 Å². The largest absolute Gasteiger partial charge is 0.497 e. The molecule has 2 aromatic rings. The Morgan fingerprint density at radius 3 is 2.04 bits per heavy atom. The number of fused-ring (bicyclic) bond motifs is 1. The van der Waals surface area contributed by atoms with Crippen LogP contribution in [0.25, 0.3) is 0 Å². The number of carbonyl (C=O) groups is 1. The van der Waals surface area contributed by atoms with Crippen molar-refractivity contribution in [3.05, 3.63) is 59.2 Å². The van der Waals surface area contributed by atoms with Gasteiger partial charge in [-0.15, -0.1) is 0 Å². The molecule has 0 saturated heterocycles. The van der Waals surface area contributed by atoms with Gasteiger partial charge >= 0.3 is 0 Å². The molecule has 0 atom stereocenters. The second kappa shape index (κ2) is 10.3. The van der Waals surface area contributed by atoms with Crippen LogP contribution in [-0.4, -0.2) is 13.0 Å². The van der Waals surface area contributed by atoms with Gasteiger partial charge in [-0.1, -0.05) is 65.8 Å². The number of rotatable bonds is 4. The number of hydrogen-bond donors (Lipinski definition) is 0. The van der Waals surface area contributed by atoms with Crippen molar-refractivity contribution >= 4 is 11.6 Å². The molecule has 0 aromatic heterocycles. The summed E-state index contributed by atoms with van der Waals surface area (Å²) in [6.45, 7) is 17.0. The molecule has 1 heterocycles. The van der Waals surface area contributed by atoms with Crippen molar-refractivity contribution in [2.75, 3.05) is 12.0 Å². The first-order valence-electron chi connectivity index (χ1n) is 10.4. The molecule has 0 spiro atoms. The summed E-state index contributed by atoms with van der Waals surface area (Å²) in [4.78, 5) is 14.9. The van der Waals surface area contributed by atoms with Gasteiger partial charge in [-0.25, -0.2) is 0 Å². The minimum Gasteiger partial charge on any atom is -0.497 e. The summed E-state index contributed by atoms with van der Waals surface area (Å²) < 4.78 is 5.21. The Morgan fingerprint density at radius 1 is 0.964 bits per heavy atom. The Hall–Kier alpha value is -2.29. The van der Waals surface area contributed by atoms with Gasteiger partial charge in [0.25, 0.3) is 0 Å². The molecule has 0 N–H and O–H groups in total. The molecule has 3 heteroatoms. The summed E-state index contributed by atoms with van der Waals surface area (Å²) in [5.41, 5.74) is 4.05. The molecule has 1 aliphatic heterocycles. The van der Waals surface area contributed by atoms with E-state index >= 15 is 0 Å². The minimum atomic E-state index is -0.475. The number of benzene rings is 2. The highest BCUT2D eigenvalue weighted by Gasteiger charge is 2.43. The summed E-state index contributed by atoms with van der Waals surface area (Å²) in [5, 5.41) is 0.